The van der Waals surface area contributed by atoms with Crippen LogP contribution in [0.2, 0.25) is 0 Å². The maximum Gasteiger partial charge on any atom is 0.171 e. The number of rotatable bonds is 3. The summed E-state index contributed by atoms with van der Waals surface area (Å²) in [4.78, 5) is 2.09. The number of nitrogens with zero attached hydrogens (tertiary/aromatic N) is 1. The van der Waals surface area contributed by atoms with Crippen molar-refractivity contribution in [1.29, 1.82) is 0 Å². The first-order valence-corrected chi connectivity index (χ1v) is 6.34. The molecule has 0 unspecified atom stereocenters. The van der Waals surface area contributed by atoms with Gasteiger partial charge in [0.05, 0.1) is 0 Å². The summed E-state index contributed by atoms with van der Waals surface area (Å²) in [6.45, 7) is 2.05. The van der Waals surface area contributed by atoms with Crippen LogP contribution in [0.1, 0.15) is 11.1 Å². The Kier molecular flexibility index (Phi) is 3.89. The van der Waals surface area contributed by atoms with Crippen molar-refractivity contribution < 1.29 is 5.21 Å². The Morgan fingerprint density at radius 1 is 1.11 bits per heavy atom. The minimum Gasteiger partial charge on any atom is -0.409 e. The van der Waals surface area contributed by atoms with Crippen LogP contribution in [0, 0.1) is 6.92 Å². The van der Waals surface area contributed by atoms with Crippen molar-refractivity contribution in [2.45, 2.75) is 16.7 Å². The lowest BCUT2D eigenvalue weighted by atomic mass is 10.2. The Hall–Kier alpha value is -1.94. The molecule has 0 atom stereocenters. The second kappa shape index (κ2) is 5.60. The highest BCUT2D eigenvalue weighted by molar-refractivity contribution is 7.99. The Morgan fingerprint density at radius 3 is 2.44 bits per heavy atom. The van der Waals surface area contributed by atoms with Gasteiger partial charge < -0.3 is 10.9 Å². The van der Waals surface area contributed by atoms with Crippen molar-refractivity contribution in [3.05, 3.63) is 59.7 Å². The van der Waals surface area contributed by atoms with Crippen LogP contribution in [0.3, 0.4) is 0 Å². The molecule has 2 aromatic rings. The molecule has 18 heavy (non-hydrogen) atoms. The van der Waals surface area contributed by atoms with Gasteiger partial charge in [-0.1, -0.05) is 52.8 Å². The summed E-state index contributed by atoms with van der Waals surface area (Å²) < 4.78 is 0. The van der Waals surface area contributed by atoms with Crippen LogP contribution in [-0.4, -0.2) is 11.0 Å². The first-order chi connectivity index (χ1) is 8.70. The third-order valence-electron chi connectivity index (χ3n) is 2.52. The Bertz CT molecular complexity index is 564. The predicted octanol–water partition coefficient (Wildman–Crippen LogP) is 3.24. The highest BCUT2D eigenvalue weighted by Crippen LogP contribution is 2.30. The molecule has 0 saturated carbocycles. The lowest BCUT2D eigenvalue weighted by Gasteiger charge is -2.07. The van der Waals surface area contributed by atoms with E-state index in [9.17, 15) is 0 Å². The third kappa shape index (κ3) is 2.84. The molecule has 0 saturated heterocycles. The molecule has 0 aliphatic rings. The van der Waals surface area contributed by atoms with E-state index in [0.29, 0.717) is 0 Å². The quantitative estimate of drug-likeness (QED) is 0.384. The second-order valence-electron chi connectivity index (χ2n) is 3.90. The normalized spacial score (nSPS) is 11.5. The number of hydrogen-bond acceptors (Lipinski definition) is 3. The number of nitrogens with two attached hydrogens (primary N) is 1. The van der Waals surface area contributed by atoms with Gasteiger partial charge in [0.15, 0.2) is 5.84 Å². The monoisotopic (exact) mass is 258 g/mol. The molecule has 0 heterocycles. The van der Waals surface area contributed by atoms with E-state index in [1.165, 1.54) is 5.56 Å². The van der Waals surface area contributed by atoms with Gasteiger partial charge in [-0.3, -0.25) is 0 Å². The summed E-state index contributed by atoms with van der Waals surface area (Å²) in [6, 6.07) is 15.8. The van der Waals surface area contributed by atoms with E-state index in [1.807, 2.05) is 24.3 Å². The van der Waals surface area contributed by atoms with Crippen LogP contribution in [0.4, 0.5) is 0 Å². The van der Waals surface area contributed by atoms with Crippen molar-refractivity contribution >= 4 is 17.6 Å². The summed E-state index contributed by atoms with van der Waals surface area (Å²) in [5.74, 6) is 0.130. The van der Waals surface area contributed by atoms with E-state index in [-0.39, 0.29) is 5.84 Å². The molecule has 0 amide bonds. The molecule has 4 heteroatoms. The molecule has 0 bridgehead atoms. The Balaban J connectivity index is 2.32. The van der Waals surface area contributed by atoms with E-state index in [4.69, 9.17) is 10.9 Å². The molecular formula is C14H14N2OS. The zero-order valence-corrected chi connectivity index (χ0v) is 10.8. The van der Waals surface area contributed by atoms with Crippen LogP contribution in [0.25, 0.3) is 0 Å². The van der Waals surface area contributed by atoms with Crippen LogP contribution >= 0.6 is 11.8 Å². The molecular weight excluding hydrogens is 244 g/mol. The highest BCUT2D eigenvalue weighted by Gasteiger charge is 2.07. The minimum atomic E-state index is 0.130. The van der Waals surface area contributed by atoms with Gasteiger partial charge in [-0.25, -0.2) is 0 Å². The van der Waals surface area contributed by atoms with Gasteiger partial charge in [0.1, 0.15) is 0 Å². The minimum absolute atomic E-state index is 0.130. The molecule has 0 aromatic heterocycles. The zero-order valence-electron chi connectivity index (χ0n) is 10.00. The van der Waals surface area contributed by atoms with E-state index < -0.39 is 0 Å². The molecule has 3 nitrogen and oxygen atoms in total. The largest absolute Gasteiger partial charge is 0.409 e. The van der Waals surface area contributed by atoms with Gasteiger partial charge in [0.2, 0.25) is 0 Å². The van der Waals surface area contributed by atoms with Crippen molar-refractivity contribution in [2.24, 2.45) is 10.9 Å². The van der Waals surface area contributed by atoms with Gasteiger partial charge in [0.25, 0.3) is 0 Å². The van der Waals surface area contributed by atoms with Crippen LogP contribution in [0.5, 0.6) is 0 Å². The molecule has 0 aliphatic heterocycles. The molecule has 0 radical (unpaired) electrons. The topological polar surface area (TPSA) is 58.6 Å². The van der Waals surface area contributed by atoms with Gasteiger partial charge >= 0.3 is 0 Å². The first kappa shape index (κ1) is 12.5. The molecule has 0 aliphatic carbocycles. The summed E-state index contributed by atoms with van der Waals surface area (Å²) in [5, 5.41) is 11.8. The predicted molar refractivity (Wildman–Crippen MR) is 74.3 cm³/mol. The number of aryl methyl sites for hydroxylation is 1. The van der Waals surface area contributed by atoms with Crippen LogP contribution < -0.4 is 5.73 Å². The molecule has 92 valence electrons. The average molecular weight is 258 g/mol. The lowest BCUT2D eigenvalue weighted by molar-refractivity contribution is 0.318. The highest BCUT2D eigenvalue weighted by atomic mass is 32.2. The van der Waals surface area contributed by atoms with Gasteiger partial charge in [-0.15, -0.1) is 0 Å². The standard InChI is InChI=1S/C14H14N2OS/c1-10-6-8-11(9-7-10)18-13-5-3-2-4-12(13)14(15)16-17/h2-9,17H,1H3,(H2,15,16). The number of benzene rings is 2. The van der Waals surface area contributed by atoms with E-state index in [2.05, 4.69) is 36.3 Å². The van der Waals surface area contributed by atoms with Gasteiger partial charge in [0, 0.05) is 15.4 Å². The van der Waals surface area contributed by atoms with E-state index in [1.54, 1.807) is 11.8 Å². The maximum atomic E-state index is 8.77. The fourth-order valence-corrected chi connectivity index (χ4v) is 2.51. The number of amidine groups is 1. The van der Waals surface area contributed by atoms with Crippen molar-refractivity contribution in [1.82, 2.24) is 0 Å². The first-order valence-electron chi connectivity index (χ1n) is 5.52. The lowest BCUT2D eigenvalue weighted by Crippen LogP contribution is -2.13. The number of oxime groups is 1. The average Bonchev–Trinajstić information content (AvgIpc) is 2.41. The summed E-state index contributed by atoms with van der Waals surface area (Å²) in [5.41, 5.74) is 7.63. The Morgan fingerprint density at radius 2 is 1.78 bits per heavy atom. The molecule has 2 rings (SSSR count). The van der Waals surface area contributed by atoms with Gasteiger partial charge in [-0.2, -0.15) is 0 Å². The molecule has 0 fully saturated rings. The van der Waals surface area contributed by atoms with Crippen molar-refractivity contribution in [2.75, 3.05) is 0 Å². The second-order valence-corrected chi connectivity index (χ2v) is 5.01. The fraction of sp³-hybridized carbons (Fsp3) is 0.0714. The van der Waals surface area contributed by atoms with Gasteiger partial charge in [-0.05, 0) is 25.1 Å². The molecule has 2 aromatic carbocycles. The fourth-order valence-electron chi connectivity index (χ4n) is 1.55. The summed E-state index contributed by atoms with van der Waals surface area (Å²) in [6.07, 6.45) is 0. The summed E-state index contributed by atoms with van der Waals surface area (Å²) >= 11 is 1.59. The maximum absolute atomic E-state index is 8.77. The SMILES string of the molecule is Cc1ccc(Sc2ccccc2/C(N)=N/O)cc1. The zero-order chi connectivity index (χ0) is 13.0. The van der Waals surface area contributed by atoms with Crippen LogP contribution in [0.15, 0.2) is 63.5 Å². The molecule has 3 N–H and O–H groups in total. The summed E-state index contributed by atoms with van der Waals surface area (Å²) in [7, 11) is 0. The van der Waals surface area contributed by atoms with Crippen LogP contribution in [-0.2, 0) is 0 Å². The smallest absolute Gasteiger partial charge is 0.171 e. The van der Waals surface area contributed by atoms with E-state index >= 15 is 0 Å². The van der Waals surface area contributed by atoms with Crippen molar-refractivity contribution in [3.63, 3.8) is 0 Å². The Labute approximate surface area is 110 Å². The number of hydrogen-bond donors (Lipinski definition) is 2. The third-order valence-corrected chi connectivity index (χ3v) is 3.60. The van der Waals surface area contributed by atoms with Crippen molar-refractivity contribution in [3.8, 4) is 0 Å². The van der Waals surface area contributed by atoms with E-state index in [0.717, 1.165) is 15.4 Å². The molecule has 0 spiro atoms.